The second kappa shape index (κ2) is 6.83. The average molecular weight is 385 g/mol. The summed E-state index contributed by atoms with van der Waals surface area (Å²) in [5.74, 6) is -0.342. The molecule has 0 radical (unpaired) electrons. The number of nitrogens with one attached hydrogen (secondary N) is 1. The summed E-state index contributed by atoms with van der Waals surface area (Å²) in [6.07, 6.45) is 3.96. The Morgan fingerprint density at radius 1 is 1.07 bits per heavy atom. The van der Waals surface area contributed by atoms with E-state index in [1.807, 2.05) is 0 Å². The van der Waals surface area contributed by atoms with Gasteiger partial charge in [0.2, 0.25) is 10.0 Å². The number of rotatable bonds is 5. The van der Waals surface area contributed by atoms with Crippen LogP contribution in [0.4, 0.5) is 0 Å². The Kier molecular flexibility index (Phi) is 4.49. The average Bonchev–Trinajstić information content (AvgIpc) is 3.04. The predicted octanol–water partition coefficient (Wildman–Crippen LogP) is 3.42. The van der Waals surface area contributed by atoms with Crippen LogP contribution in [-0.2, 0) is 27.7 Å². The van der Waals surface area contributed by atoms with Crippen LogP contribution >= 0.6 is 0 Å². The van der Waals surface area contributed by atoms with Gasteiger partial charge in [-0.2, -0.15) is 4.72 Å². The number of carboxylic acids is 1. The first-order valence-corrected chi connectivity index (χ1v) is 10.3. The predicted molar refractivity (Wildman–Crippen MR) is 100.0 cm³/mol. The molecule has 4 rings (SSSR count). The van der Waals surface area contributed by atoms with Gasteiger partial charge in [-0.1, -0.05) is 30.3 Å². The summed E-state index contributed by atoms with van der Waals surface area (Å²) in [5.41, 5.74) is 2.04. The standard InChI is InChI=1S/C20H19NO5S/c22-20(23)19(13-6-2-1-3-7-13)21-27(24,25)14-10-11-16-15-8-4-5-9-17(15)26-18(16)12-14/h1-3,6-7,10-12,19,21H,4-5,8-9H2,(H,22,23). The molecule has 7 heteroatoms. The topological polar surface area (TPSA) is 96.6 Å². The van der Waals surface area contributed by atoms with E-state index < -0.39 is 22.0 Å². The van der Waals surface area contributed by atoms with Crippen molar-refractivity contribution >= 4 is 27.0 Å². The molecule has 2 aromatic carbocycles. The SMILES string of the molecule is O=C(O)C(NS(=O)(=O)c1ccc2c3c(oc2c1)CCCC3)c1ccccc1. The van der Waals surface area contributed by atoms with Gasteiger partial charge in [0.15, 0.2) is 0 Å². The van der Waals surface area contributed by atoms with Crippen LogP contribution in [0.3, 0.4) is 0 Å². The molecule has 0 spiro atoms. The number of sulfonamides is 1. The number of carbonyl (C=O) groups is 1. The van der Waals surface area contributed by atoms with Crippen LogP contribution in [0.15, 0.2) is 57.8 Å². The molecular formula is C20H19NO5S. The smallest absolute Gasteiger partial charge is 0.326 e. The van der Waals surface area contributed by atoms with Crippen molar-refractivity contribution in [2.45, 2.75) is 36.6 Å². The molecule has 6 nitrogen and oxygen atoms in total. The van der Waals surface area contributed by atoms with Crippen LogP contribution in [0, 0.1) is 0 Å². The van der Waals surface area contributed by atoms with E-state index >= 15 is 0 Å². The van der Waals surface area contributed by atoms with Crippen LogP contribution in [0.1, 0.15) is 35.8 Å². The van der Waals surface area contributed by atoms with E-state index in [0.717, 1.165) is 42.4 Å². The highest BCUT2D eigenvalue weighted by molar-refractivity contribution is 7.89. The van der Waals surface area contributed by atoms with Crippen molar-refractivity contribution in [2.75, 3.05) is 0 Å². The van der Waals surface area contributed by atoms with Gasteiger partial charge in [0.25, 0.3) is 0 Å². The van der Waals surface area contributed by atoms with E-state index in [4.69, 9.17) is 4.42 Å². The molecule has 140 valence electrons. The van der Waals surface area contributed by atoms with Gasteiger partial charge in [-0.25, -0.2) is 8.42 Å². The minimum Gasteiger partial charge on any atom is -0.480 e. The summed E-state index contributed by atoms with van der Waals surface area (Å²) in [7, 11) is -4.04. The number of fused-ring (bicyclic) bond motifs is 3. The summed E-state index contributed by atoms with van der Waals surface area (Å²) in [4.78, 5) is 11.6. The third-order valence-corrected chi connectivity index (χ3v) is 6.31. The minimum atomic E-state index is -4.04. The Bertz CT molecular complexity index is 1100. The molecule has 0 saturated heterocycles. The lowest BCUT2D eigenvalue weighted by molar-refractivity contribution is -0.139. The Balaban J connectivity index is 1.69. The third-order valence-electron chi connectivity index (χ3n) is 4.89. The molecule has 1 aromatic heterocycles. The monoisotopic (exact) mass is 385 g/mol. The first kappa shape index (κ1) is 17.8. The van der Waals surface area contributed by atoms with Gasteiger partial charge in [-0.15, -0.1) is 0 Å². The quantitative estimate of drug-likeness (QED) is 0.701. The summed E-state index contributed by atoms with van der Waals surface area (Å²) in [5, 5.41) is 10.4. The largest absolute Gasteiger partial charge is 0.480 e. The molecule has 0 amide bonds. The van der Waals surface area contributed by atoms with Gasteiger partial charge >= 0.3 is 5.97 Å². The van der Waals surface area contributed by atoms with E-state index in [-0.39, 0.29) is 4.90 Å². The Labute approximate surface area is 156 Å². The van der Waals surface area contributed by atoms with Crippen LogP contribution in [0.5, 0.6) is 0 Å². The van der Waals surface area contributed by atoms with Crippen molar-refractivity contribution in [3.63, 3.8) is 0 Å². The Hall–Kier alpha value is -2.64. The minimum absolute atomic E-state index is 0.0109. The van der Waals surface area contributed by atoms with Crippen molar-refractivity contribution in [1.82, 2.24) is 4.72 Å². The van der Waals surface area contributed by atoms with E-state index in [9.17, 15) is 18.3 Å². The number of hydrogen-bond donors (Lipinski definition) is 2. The Morgan fingerprint density at radius 3 is 2.56 bits per heavy atom. The summed E-state index contributed by atoms with van der Waals surface area (Å²) < 4.78 is 33.7. The molecule has 1 aliphatic rings. The molecule has 3 aromatic rings. The van der Waals surface area contributed by atoms with Crippen LogP contribution < -0.4 is 4.72 Å². The molecule has 1 atom stereocenters. The molecule has 1 aliphatic carbocycles. The second-order valence-electron chi connectivity index (χ2n) is 6.67. The highest BCUT2D eigenvalue weighted by Crippen LogP contribution is 2.33. The fourth-order valence-electron chi connectivity index (χ4n) is 3.54. The summed E-state index contributed by atoms with van der Waals surface area (Å²) >= 11 is 0. The maximum absolute atomic E-state index is 12.8. The summed E-state index contributed by atoms with van der Waals surface area (Å²) in [6.45, 7) is 0. The fourth-order valence-corrected chi connectivity index (χ4v) is 4.73. The van der Waals surface area contributed by atoms with Crippen LogP contribution in [-0.4, -0.2) is 19.5 Å². The molecule has 27 heavy (non-hydrogen) atoms. The molecule has 0 saturated carbocycles. The maximum Gasteiger partial charge on any atom is 0.326 e. The number of hydrogen-bond acceptors (Lipinski definition) is 4. The van der Waals surface area contributed by atoms with Crippen LogP contribution in [0.25, 0.3) is 11.0 Å². The maximum atomic E-state index is 12.8. The Morgan fingerprint density at radius 2 is 1.81 bits per heavy atom. The summed E-state index contributed by atoms with van der Waals surface area (Å²) in [6, 6.07) is 11.6. The first-order chi connectivity index (χ1) is 13.0. The second-order valence-corrected chi connectivity index (χ2v) is 8.39. The number of aryl methyl sites for hydroxylation is 2. The number of benzene rings is 2. The van der Waals surface area contributed by atoms with E-state index in [2.05, 4.69) is 4.72 Å². The highest BCUT2D eigenvalue weighted by atomic mass is 32.2. The highest BCUT2D eigenvalue weighted by Gasteiger charge is 2.28. The van der Waals surface area contributed by atoms with Crippen molar-refractivity contribution < 1.29 is 22.7 Å². The normalized spacial score (nSPS) is 15.4. The van der Waals surface area contributed by atoms with Gasteiger partial charge in [0.1, 0.15) is 17.4 Å². The van der Waals surface area contributed by atoms with Crippen LogP contribution in [0.2, 0.25) is 0 Å². The van der Waals surface area contributed by atoms with E-state index in [1.165, 1.54) is 12.1 Å². The van der Waals surface area contributed by atoms with Gasteiger partial charge in [0.05, 0.1) is 4.90 Å². The lowest BCUT2D eigenvalue weighted by Gasteiger charge is -2.15. The third kappa shape index (κ3) is 3.36. The molecule has 2 N–H and O–H groups in total. The number of carboxylic acid groups (broad SMARTS) is 1. The van der Waals surface area contributed by atoms with E-state index in [1.54, 1.807) is 36.4 Å². The molecule has 0 aliphatic heterocycles. The van der Waals surface area contributed by atoms with Crippen molar-refractivity contribution in [1.29, 1.82) is 0 Å². The molecule has 0 fully saturated rings. The van der Waals surface area contributed by atoms with Gasteiger partial charge in [-0.3, -0.25) is 4.79 Å². The molecule has 1 unspecified atom stereocenters. The lowest BCUT2D eigenvalue weighted by Crippen LogP contribution is -2.33. The fraction of sp³-hybridized carbons (Fsp3) is 0.250. The number of furan rings is 1. The molecule has 0 bridgehead atoms. The van der Waals surface area contributed by atoms with Crippen molar-refractivity contribution in [3.8, 4) is 0 Å². The lowest BCUT2D eigenvalue weighted by atomic mass is 9.96. The number of aliphatic carboxylic acids is 1. The molecular weight excluding hydrogens is 366 g/mol. The zero-order chi connectivity index (χ0) is 19.0. The van der Waals surface area contributed by atoms with Gasteiger partial charge < -0.3 is 9.52 Å². The van der Waals surface area contributed by atoms with E-state index in [0.29, 0.717) is 11.1 Å². The zero-order valence-electron chi connectivity index (χ0n) is 14.5. The van der Waals surface area contributed by atoms with Gasteiger partial charge in [-0.05, 0) is 37.0 Å². The van der Waals surface area contributed by atoms with Crippen molar-refractivity contribution in [2.24, 2.45) is 0 Å². The van der Waals surface area contributed by atoms with Gasteiger partial charge in [0, 0.05) is 23.4 Å². The first-order valence-electron chi connectivity index (χ1n) is 8.80. The zero-order valence-corrected chi connectivity index (χ0v) is 15.3. The molecule has 1 heterocycles. The van der Waals surface area contributed by atoms with Crippen molar-refractivity contribution in [3.05, 3.63) is 65.4 Å².